The molecule has 1 atom stereocenters. The van der Waals surface area contributed by atoms with E-state index in [1.54, 1.807) is 19.3 Å². The molecule has 24 heavy (non-hydrogen) atoms. The Kier molecular flexibility index (Phi) is 4.71. The highest BCUT2D eigenvalue weighted by Gasteiger charge is 2.35. The fraction of sp³-hybridized carbons (Fsp3) is 0.412. The number of anilines is 1. The molecular formula is C17H21N5O2. The number of rotatable bonds is 5. The van der Waals surface area contributed by atoms with E-state index >= 15 is 0 Å². The van der Waals surface area contributed by atoms with Crippen LogP contribution in [-0.2, 0) is 6.42 Å². The Bertz CT molecular complexity index is 716. The minimum atomic E-state index is -0.270. The van der Waals surface area contributed by atoms with Crippen molar-refractivity contribution in [2.75, 3.05) is 5.73 Å². The number of carbonyl (C=O) groups excluding carboxylic acids is 1. The molecule has 1 fully saturated rings. The van der Waals surface area contributed by atoms with E-state index in [4.69, 9.17) is 5.73 Å². The van der Waals surface area contributed by atoms with Crippen molar-refractivity contribution < 1.29 is 9.90 Å². The van der Waals surface area contributed by atoms with Gasteiger partial charge in [-0.1, -0.05) is 0 Å². The van der Waals surface area contributed by atoms with Gasteiger partial charge in [0.2, 0.25) is 5.95 Å². The molecule has 0 radical (unpaired) electrons. The fourth-order valence-electron chi connectivity index (χ4n) is 3.02. The highest BCUT2D eigenvalue weighted by atomic mass is 16.3. The van der Waals surface area contributed by atoms with Gasteiger partial charge in [-0.05, 0) is 49.8 Å². The third-order valence-electron chi connectivity index (χ3n) is 4.48. The molecule has 0 aromatic carbocycles. The molecule has 0 spiro atoms. The van der Waals surface area contributed by atoms with Crippen molar-refractivity contribution in [2.24, 2.45) is 5.92 Å². The quantitative estimate of drug-likeness (QED) is 0.751. The third kappa shape index (κ3) is 3.68. The minimum Gasteiger partial charge on any atom is -0.393 e. The first-order valence-electron chi connectivity index (χ1n) is 8.00. The monoisotopic (exact) mass is 327 g/mol. The highest BCUT2D eigenvalue weighted by Crippen LogP contribution is 2.32. The van der Waals surface area contributed by atoms with Crippen LogP contribution in [0.3, 0.4) is 0 Å². The number of aryl methyl sites for hydroxylation is 1. The minimum absolute atomic E-state index is 0.0553. The Labute approximate surface area is 140 Å². The highest BCUT2D eigenvalue weighted by molar-refractivity contribution is 5.95. The standard InChI is InChI=1S/C17H21N5O2/c1-10-14(9-20-17(18)21-10)16(24)22-15(12-7-13(23)8-12)6-11-2-4-19-5-3-11/h2-5,9,12-13,15,23H,6-8H2,1H3,(H,22,24)(H2,18,20,21). The topological polar surface area (TPSA) is 114 Å². The van der Waals surface area contributed by atoms with Crippen molar-refractivity contribution >= 4 is 11.9 Å². The van der Waals surface area contributed by atoms with E-state index in [1.807, 2.05) is 12.1 Å². The lowest BCUT2D eigenvalue weighted by Crippen LogP contribution is -2.48. The molecule has 126 valence electrons. The Morgan fingerprint density at radius 1 is 1.42 bits per heavy atom. The van der Waals surface area contributed by atoms with Gasteiger partial charge in [0.05, 0.1) is 17.4 Å². The second-order valence-corrected chi connectivity index (χ2v) is 6.25. The first-order chi connectivity index (χ1) is 11.5. The Hall–Kier alpha value is -2.54. The van der Waals surface area contributed by atoms with Gasteiger partial charge < -0.3 is 16.2 Å². The zero-order chi connectivity index (χ0) is 17.1. The van der Waals surface area contributed by atoms with Gasteiger partial charge in [0.15, 0.2) is 0 Å². The maximum absolute atomic E-state index is 12.6. The average molecular weight is 327 g/mol. The summed E-state index contributed by atoms with van der Waals surface area (Å²) >= 11 is 0. The molecule has 1 aliphatic carbocycles. The van der Waals surface area contributed by atoms with Crippen LogP contribution in [0.4, 0.5) is 5.95 Å². The van der Waals surface area contributed by atoms with Gasteiger partial charge in [-0.25, -0.2) is 9.97 Å². The number of nitrogen functional groups attached to an aromatic ring is 1. The van der Waals surface area contributed by atoms with Gasteiger partial charge in [-0.2, -0.15) is 0 Å². The molecule has 2 aromatic heterocycles. The lowest BCUT2D eigenvalue weighted by atomic mass is 9.75. The normalized spacial score (nSPS) is 20.9. The predicted molar refractivity (Wildman–Crippen MR) is 89.1 cm³/mol. The van der Waals surface area contributed by atoms with Gasteiger partial charge >= 0.3 is 0 Å². The number of nitrogens with two attached hydrogens (primary N) is 1. The average Bonchev–Trinajstić information content (AvgIpc) is 2.52. The molecule has 2 heterocycles. The van der Waals surface area contributed by atoms with Gasteiger partial charge in [0.1, 0.15) is 0 Å². The number of pyridine rings is 1. The number of hydrogen-bond donors (Lipinski definition) is 3. The van der Waals surface area contributed by atoms with Crippen molar-refractivity contribution in [2.45, 2.75) is 38.3 Å². The molecule has 0 saturated heterocycles. The van der Waals surface area contributed by atoms with Gasteiger partial charge in [0.25, 0.3) is 5.91 Å². The number of hydrogen-bond acceptors (Lipinski definition) is 6. The molecule has 3 rings (SSSR count). The molecule has 1 amide bonds. The van der Waals surface area contributed by atoms with Crippen LogP contribution in [0.15, 0.2) is 30.7 Å². The summed E-state index contributed by atoms with van der Waals surface area (Å²) < 4.78 is 0. The molecule has 0 aliphatic heterocycles. The fourth-order valence-corrected chi connectivity index (χ4v) is 3.02. The lowest BCUT2D eigenvalue weighted by molar-refractivity contribution is 0.0239. The largest absolute Gasteiger partial charge is 0.393 e. The smallest absolute Gasteiger partial charge is 0.254 e. The second kappa shape index (κ2) is 6.92. The molecule has 4 N–H and O–H groups in total. The van der Waals surface area contributed by atoms with Crippen LogP contribution in [0.25, 0.3) is 0 Å². The van der Waals surface area contributed by atoms with Crippen molar-refractivity contribution in [1.82, 2.24) is 20.3 Å². The summed E-state index contributed by atoms with van der Waals surface area (Å²) in [6.07, 6.45) is 6.75. The summed E-state index contributed by atoms with van der Waals surface area (Å²) in [5.74, 6) is 0.194. The van der Waals surface area contributed by atoms with Crippen molar-refractivity contribution in [3.05, 3.63) is 47.5 Å². The van der Waals surface area contributed by atoms with E-state index in [0.717, 1.165) is 5.56 Å². The molecule has 1 saturated carbocycles. The maximum Gasteiger partial charge on any atom is 0.254 e. The van der Waals surface area contributed by atoms with E-state index in [2.05, 4.69) is 20.3 Å². The Morgan fingerprint density at radius 2 is 2.12 bits per heavy atom. The zero-order valence-corrected chi connectivity index (χ0v) is 13.5. The zero-order valence-electron chi connectivity index (χ0n) is 13.5. The van der Waals surface area contributed by atoms with E-state index in [9.17, 15) is 9.90 Å². The van der Waals surface area contributed by atoms with E-state index in [0.29, 0.717) is 30.5 Å². The van der Waals surface area contributed by atoms with Crippen LogP contribution in [0.2, 0.25) is 0 Å². The number of nitrogens with one attached hydrogen (secondary N) is 1. The summed E-state index contributed by atoms with van der Waals surface area (Å²) in [6.45, 7) is 1.73. The maximum atomic E-state index is 12.6. The van der Waals surface area contributed by atoms with Gasteiger partial charge in [0, 0.05) is 24.6 Å². The number of amides is 1. The van der Waals surface area contributed by atoms with Crippen LogP contribution in [0.1, 0.15) is 34.5 Å². The summed E-state index contributed by atoms with van der Waals surface area (Å²) in [5.41, 5.74) is 7.61. The first kappa shape index (κ1) is 16.3. The molecule has 7 heteroatoms. The molecular weight excluding hydrogens is 306 g/mol. The Balaban J connectivity index is 1.74. The van der Waals surface area contributed by atoms with Crippen LogP contribution in [-0.4, -0.2) is 38.1 Å². The molecule has 0 bridgehead atoms. The second-order valence-electron chi connectivity index (χ2n) is 6.25. The summed E-state index contributed by atoms with van der Waals surface area (Å²) in [7, 11) is 0. The number of carbonyl (C=O) groups is 1. The lowest BCUT2D eigenvalue weighted by Gasteiger charge is -2.38. The van der Waals surface area contributed by atoms with Crippen LogP contribution < -0.4 is 11.1 Å². The van der Waals surface area contributed by atoms with E-state index in [1.165, 1.54) is 6.20 Å². The van der Waals surface area contributed by atoms with Crippen LogP contribution >= 0.6 is 0 Å². The summed E-state index contributed by atoms with van der Waals surface area (Å²) in [6, 6.07) is 3.82. The van der Waals surface area contributed by atoms with E-state index < -0.39 is 0 Å². The van der Waals surface area contributed by atoms with Crippen molar-refractivity contribution in [1.29, 1.82) is 0 Å². The van der Waals surface area contributed by atoms with E-state index in [-0.39, 0.29) is 29.9 Å². The number of nitrogens with zero attached hydrogens (tertiary/aromatic N) is 3. The first-order valence-corrected chi connectivity index (χ1v) is 8.00. The van der Waals surface area contributed by atoms with Crippen molar-refractivity contribution in [3.8, 4) is 0 Å². The third-order valence-corrected chi connectivity index (χ3v) is 4.48. The Morgan fingerprint density at radius 3 is 2.75 bits per heavy atom. The number of aromatic nitrogens is 3. The van der Waals surface area contributed by atoms with Gasteiger partial charge in [-0.3, -0.25) is 9.78 Å². The molecule has 1 aliphatic rings. The molecule has 7 nitrogen and oxygen atoms in total. The van der Waals surface area contributed by atoms with Crippen LogP contribution in [0, 0.1) is 12.8 Å². The number of aliphatic hydroxyl groups excluding tert-OH is 1. The molecule has 1 unspecified atom stereocenters. The predicted octanol–water partition coefficient (Wildman–Crippen LogP) is 0.874. The SMILES string of the molecule is Cc1nc(N)ncc1C(=O)NC(Cc1ccncc1)C1CC(O)C1. The van der Waals surface area contributed by atoms with Crippen LogP contribution in [0.5, 0.6) is 0 Å². The number of aliphatic hydroxyl groups is 1. The summed E-state index contributed by atoms with van der Waals surface area (Å²) in [4.78, 5) is 24.5. The summed E-state index contributed by atoms with van der Waals surface area (Å²) in [5, 5.41) is 12.7. The van der Waals surface area contributed by atoms with Crippen molar-refractivity contribution in [3.63, 3.8) is 0 Å². The van der Waals surface area contributed by atoms with Gasteiger partial charge in [-0.15, -0.1) is 0 Å². The molecule has 2 aromatic rings.